The van der Waals surface area contributed by atoms with E-state index in [1.54, 1.807) is 6.33 Å². The Morgan fingerprint density at radius 2 is 2.39 bits per heavy atom. The van der Waals surface area contributed by atoms with E-state index in [0.29, 0.717) is 12.5 Å². The molecule has 100 valence electrons. The van der Waals surface area contributed by atoms with E-state index in [9.17, 15) is 5.11 Å². The van der Waals surface area contributed by atoms with Crippen LogP contribution in [0.1, 0.15) is 38.4 Å². The van der Waals surface area contributed by atoms with Crippen molar-refractivity contribution in [2.75, 3.05) is 13.1 Å². The summed E-state index contributed by atoms with van der Waals surface area (Å²) in [4.78, 5) is 6.76. The van der Waals surface area contributed by atoms with Gasteiger partial charge in [0.25, 0.3) is 0 Å². The summed E-state index contributed by atoms with van der Waals surface area (Å²) in [6, 6.07) is 0.337. The molecule has 0 aliphatic carbocycles. The summed E-state index contributed by atoms with van der Waals surface area (Å²) in [5.41, 5.74) is -0.588. The van der Waals surface area contributed by atoms with Crippen molar-refractivity contribution in [2.45, 2.75) is 57.2 Å². The molecule has 2 aliphatic heterocycles. The Kier molecular flexibility index (Phi) is 3.11. The number of hydrogen-bond donors (Lipinski definition) is 1. The SMILES string of the molecule is CCCn1ncnc1CC1(O)CCN2CCCC21. The van der Waals surface area contributed by atoms with Gasteiger partial charge in [0.2, 0.25) is 0 Å². The summed E-state index contributed by atoms with van der Waals surface area (Å²) in [5, 5.41) is 15.1. The van der Waals surface area contributed by atoms with Crippen LogP contribution in [0.25, 0.3) is 0 Å². The average Bonchev–Trinajstić information content (AvgIpc) is 3.01. The van der Waals surface area contributed by atoms with Crippen molar-refractivity contribution in [3.63, 3.8) is 0 Å². The van der Waals surface area contributed by atoms with Crippen LogP contribution >= 0.6 is 0 Å². The largest absolute Gasteiger partial charge is 0.388 e. The van der Waals surface area contributed by atoms with Crippen LogP contribution in [0, 0.1) is 0 Å². The van der Waals surface area contributed by atoms with E-state index in [0.717, 1.165) is 44.7 Å². The van der Waals surface area contributed by atoms with Crippen molar-refractivity contribution in [2.24, 2.45) is 0 Å². The van der Waals surface area contributed by atoms with Gasteiger partial charge in [0.05, 0.1) is 5.60 Å². The van der Waals surface area contributed by atoms with E-state index >= 15 is 0 Å². The third-order valence-corrected chi connectivity index (χ3v) is 4.41. The molecule has 5 heteroatoms. The van der Waals surface area contributed by atoms with E-state index < -0.39 is 5.60 Å². The summed E-state index contributed by atoms with van der Waals surface area (Å²) < 4.78 is 1.94. The van der Waals surface area contributed by atoms with Crippen LogP contribution in [-0.2, 0) is 13.0 Å². The minimum absolute atomic E-state index is 0.337. The molecule has 0 saturated carbocycles. The fourth-order valence-electron chi connectivity index (χ4n) is 3.51. The van der Waals surface area contributed by atoms with E-state index in [-0.39, 0.29) is 0 Å². The van der Waals surface area contributed by atoms with Gasteiger partial charge in [-0.05, 0) is 32.2 Å². The highest BCUT2D eigenvalue weighted by atomic mass is 16.3. The second kappa shape index (κ2) is 4.63. The summed E-state index contributed by atoms with van der Waals surface area (Å²) in [6.45, 7) is 5.20. The number of fused-ring (bicyclic) bond motifs is 1. The van der Waals surface area contributed by atoms with Gasteiger partial charge in [0.1, 0.15) is 12.2 Å². The van der Waals surface area contributed by atoms with Crippen LogP contribution in [0.4, 0.5) is 0 Å². The predicted octanol–water partition coefficient (Wildman–Crippen LogP) is 0.830. The lowest BCUT2D eigenvalue weighted by Gasteiger charge is -2.29. The van der Waals surface area contributed by atoms with Crippen LogP contribution in [-0.4, -0.2) is 49.5 Å². The first kappa shape index (κ1) is 12.1. The molecule has 2 aliphatic rings. The van der Waals surface area contributed by atoms with Gasteiger partial charge in [-0.3, -0.25) is 9.58 Å². The summed E-state index contributed by atoms with van der Waals surface area (Å²) in [7, 11) is 0. The Balaban J connectivity index is 1.77. The molecule has 2 unspecified atom stereocenters. The maximum atomic E-state index is 10.9. The molecule has 3 heterocycles. The van der Waals surface area contributed by atoms with E-state index in [2.05, 4.69) is 21.9 Å². The second-order valence-corrected chi connectivity index (χ2v) is 5.62. The maximum absolute atomic E-state index is 10.9. The van der Waals surface area contributed by atoms with Crippen LogP contribution in [0.5, 0.6) is 0 Å². The third-order valence-electron chi connectivity index (χ3n) is 4.41. The predicted molar refractivity (Wildman–Crippen MR) is 68.2 cm³/mol. The molecule has 5 nitrogen and oxygen atoms in total. The van der Waals surface area contributed by atoms with Crippen LogP contribution in [0.3, 0.4) is 0 Å². The summed E-state index contributed by atoms with van der Waals surface area (Å²) >= 11 is 0. The van der Waals surface area contributed by atoms with Gasteiger partial charge >= 0.3 is 0 Å². The first-order valence-electron chi connectivity index (χ1n) is 7.06. The van der Waals surface area contributed by atoms with Crippen molar-refractivity contribution in [1.82, 2.24) is 19.7 Å². The van der Waals surface area contributed by atoms with Crippen molar-refractivity contribution in [3.05, 3.63) is 12.2 Å². The minimum Gasteiger partial charge on any atom is -0.388 e. The molecule has 1 N–H and O–H groups in total. The highest BCUT2D eigenvalue weighted by Crippen LogP contribution is 2.37. The topological polar surface area (TPSA) is 54.2 Å². The van der Waals surface area contributed by atoms with Gasteiger partial charge in [-0.2, -0.15) is 5.10 Å². The monoisotopic (exact) mass is 250 g/mol. The van der Waals surface area contributed by atoms with Crippen molar-refractivity contribution in [1.29, 1.82) is 0 Å². The lowest BCUT2D eigenvalue weighted by molar-refractivity contribution is 0.0114. The molecule has 1 aromatic heterocycles. The number of aryl methyl sites for hydroxylation is 1. The van der Waals surface area contributed by atoms with Crippen LogP contribution in [0.2, 0.25) is 0 Å². The van der Waals surface area contributed by atoms with Crippen LogP contribution < -0.4 is 0 Å². The van der Waals surface area contributed by atoms with Gasteiger partial charge in [0, 0.05) is 25.6 Å². The fourth-order valence-corrected chi connectivity index (χ4v) is 3.51. The van der Waals surface area contributed by atoms with Gasteiger partial charge in [-0.25, -0.2) is 4.98 Å². The Bertz CT molecular complexity index is 419. The molecule has 0 bridgehead atoms. The van der Waals surface area contributed by atoms with Crippen molar-refractivity contribution in [3.8, 4) is 0 Å². The Hall–Kier alpha value is -0.940. The molecule has 0 aromatic carbocycles. The smallest absolute Gasteiger partial charge is 0.138 e. The molecular weight excluding hydrogens is 228 g/mol. The van der Waals surface area contributed by atoms with Gasteiger partial charge in [-0.15, -0.1) is 0 Å². The zero-order valence-corrected chi connectivity index (χ0v) is 11.0. The number of hydrogen-bond acceptors (Lipinski definition) is 4. The normalized spacial score (nSPS) is 32.0. The molecule has 18 heavy (non-hydrogen) atoms. The first-order valence-corrected chi connectivity index (χ1v) is 7.06. The molecule has 0 spiro atoms. The first-order chi connectivity index (χ1) is 8.73. The quantitative estimate of drug-likeness (QED) is 0.860. The Morgan fingerprint density at radius 1 is 1.50 bits per heavy atom. The summed E-state index contributed by atoms with van der Waals surface area (Å²) in [5.74, 6) is 0.938. The van der Waals surface area contributed by atoms with Crippen LogP contribution in [0.15, 0.2) is 6.33 Å². The molecule has 2 atom stereocenters. The van der Waals surface area contributed by atoms with E-state index in [4.69, 9.17) is 0 Å². The molecule has 0 amide bonds. The number of aliphatic hydroxyl groups is 1. The zero-order chi connectivity index (χ0) is 12.6. The second-order valence-electron chi connectivity index (χ2n) is 5.62. The number of nitrogens with zero attached hydrogens (tertiary/aromatic N) is 4. The molecule has 0 radical (unpaired) electrons. The molecule has 1 aromatic rings. The minimum atomic E-state index is -0.588. The lowest BCUT2D eigenvalue weighted by atomic mass is 9.89. The van der Waals surface area contributed by atoms with E-state index in [1.165, 1.54) is 6.42 Å². The lowest BCUT2D eigenvalue weighted by Crippen LogP contribution is -2.43. The van der Waals surface area contributed by atoms with Gasteiger partial charge < -0.3 is 5.11 Å². The highest BCUT2D eigenvalue weighted by molar-refractivity contribution is 5.07. The number of rotatable bonds is 4. The van der Waals surface area contributed by atoms with Crippen molar-refractivity contribution < 1.29 is 5.11 Å². The average molecular weight is 250 g/mol. The number of aromatic nitrogens is 3. The van der Waals surface area contributed by atoms with Crippen molar-refractivity contribution >= 4 is 0 Å². The molecule has 2 fully saturated rings. The summed E-state index contributed by atoms with van der Waals surface area (Å²) in [6.07, 6.45) is 6.51. The Labute approximate surface area is 108 Å². The highest BCUT2D eigenvalue weighted by Gasteiger charge is 2.48. The zero-order valence-electron chi connectivity index (χ0n) is 11.0. The van der Waals surface area contributed by atoms with Gasteiger partial charge in [-0.1, -0.05) is 6.92 Å². The molecular formula is C13H22N4O. The maximum Gasteiger partial charge on any atom is 0.138 e. The standard InChI is InChI=1S/C13H22N4O/c1-2-6-17-12(14-10-15-17)9-13(18)5-8-16-7-3-4-11(13)16/h10-11,18H,2-9H2,1H3. The Morgan fingerprint density at radius 3 is 3.22 bits per heavy atom. The molecule has 2 saturated heterocycles. The van der Waals surface area contributed by atoms with E-state index in [1.807, 2.05) is 4.68 Å². The van der Waals surface area contributed by atoms with Gasteiger partial charge in [0.15, 0.2) is 0 Å². The fraction of sp³-hybridized carbons (Fsp3) is 0.846. The third kappa shape index (κ3) is 1.95. The molecule has 3 rings (SSSR count).